The van der Waals surface area contributed by atoms with Crippen LogP contribution >= 0.6 is 11.8 Å². The minimum atomic E-state index is -2.66. The van der Waals surface area contributed by atoms with E-state index in [2.05, 4.69) is 74.3 Å². The van der Waals surface area contributed by atoms with Crippen molar-refractivity contribution in [3.63, 3.8) is 0 Å². The second-order valence-electron chi connectivity index (χ2n) is 10.2. The summed E-state index contributed by atoms with van der Waals surface area (Å²) in [6, 6.07) is 24.7. The molecule has 0 unspecified atom stereocenters. The molecule has 1 fully saturated rings. The van der Waals surface area contributed by atoms with Crippen LogP contribution in [0.25, 0.3) is 0 Å². The van der Waals surface area contributed by atoms with E-state index in [4.69, 9.17) is 4.43 Å². The zero-order valence-electron chi connectivity index (χ0n) is 21.4. The summed E-state index contributed by atoms with van der Waals surface area (Å²) < 4.78 is 7.02. The van der Waals surface area contributed by atoms with E-state index < -0.39 is 8.32 Å². The Labute approximate surface area is 220 Å². The second kappa shape index (κ2) is 11.7. The van der Waals surface area contributed by atoms with Crippen molar-refractivity contribution in [3.8, 4) is 0 Å². The largest absolute Gasteiger partial charge is 0.407 e. The van der Waals surface area contributed by atoms with Gasteiger partial charge in [0.05, 0.1) is 23.9 Å². The fraction of sp³-hybridized carbons (Fsp3) is 0.379. The SMILES string of the molecule is CC(C)(C)[Si](OCCc1ncccc1C(=O)N1CCSC[C@H]1CO)(c1ccccc1)c1ccccc1. The van der Waals surface area contributed by atoms with Crippen LogP contribution in [0.4, 0.5) is 0 Å². The summed E-state index contributed by atoms with van der Waals surface area (Å²) in [6.45, 7) is 7.87. The van der Waals surface area contributed by atoms with Gasteiger partial charge in [-0.05, 0) is 27.5 Å². The molecule has 0 bridgehead atoms. The Morgan fingerprint density at radius 3 is 2.28 bits per heavy atom. The molecule has 0 radical (unpaired) electrons. The number of nitrogens with zero attached hydrogens (tertiary/aromatic N) is 2. The van der Waals surface area contributed by atoms with Crippen LogP contribution in [-0.2, 0) is 10.8 Å². The molecule has 7 heteroatoms. The molecule has 1 atom stereocenters. The van der Waals surface area contributed by atoms with Gasteiger partial charge in [-0.25, -0.2) is 0 Å². The van der Waals surface area contributed by atoms with Crippen molar-refractivity contribution in [1.29, 1.82) is 0 Å². The zero-order chi connectivity index (χ0) is 25.6. The van der Waals surface area contributed by atoms with Crippen molar-refractivity contribution in [2.24, 2.45) is 0 Å². The Hall–Kier alpha value is -2.45. The van der Waals surface area contributed by atoms with Gasteiger partial charge in [0.15, 0.2) is 0 Å². The van der Waals surface area contributed by atoms with Crippen molar-refractivity contribution >= 4 is 36.4 Å². The highest BCUT2D eigenvalue weighted by Gasteiger charge is 2.50. The van der Waals surface area contributed by atoms with Gasteiger partial charge in [-0.1, -0.05) is 81.4 Å². The predicted molar refractivity (Wildman–Crippen MR) is 151 cm³/mol. The number of rotatable bonds is 8. The van der Waals surface area contributed by atoms with Gasteiger partial charge in [0.2, 0.25) is 0 Å². The molecule has 0 aliphatic carbocycles. The van der Waals surface area contributed by atoms with Crippen molar-refractivity contribution in [1.82, 2.24) is 9.88 Å². The minimum Gasteiger partial charge on any atom is -0.407 e. The first-order valence-electron chi connectivity index (χ1n) is 12.6. The van der Waals surface area contributed by atoms with Crippen LogP contribution < -0.4 is 10.4 Å². The normalized spacial score (nSPS) is 16.7. The first-order chi connectivity index (χ1) is 17.4. The molecule has 1 N–H and O–H groups in total. The highest BCUT2D eigenvalue weighted by molar-refractivity contribution is 7.99. The Bertz CT molecular complexity index is 1100. The molecule has 1 aliphatic rings. The molecule has 2 aromatic carbocycles. The molecule has 36 heavy (non-hydrogen) atoms. The van der Waals surface area contributed by atoms with E-state index in [1.54, 1.807) is 22.9 Å². The van der Waals surface area contributed by atoms with E-state index in [9.17, 15) is 9.90 Å². The summed E-state index contributed by atoms with van der Waals surface area (Å²) in [7, 11) is -2.66. The molecule has 1 aliphatic heterocycles. The number of amides is 1. The van der Waals surface area contributed by atoms with Gasteiger partial charge in [-0.3, -0.25) is 9.78 Å². The number of thioether (sulfide) groups is 1. The van der Waals surface area contributed by atoms with E-state index in [-0.39, 0.29) is 23.6 Å². The van der Waals surface area contributed by atoms with Crippen molar-refractivity contribution in [3.05, 3.63) is 90.3 Å². The molecular formula is C29H36N2O3SSi. The highest BCUT2D eigenvalue weighted by Crippen LogP contribution is 2.36. The number of carbonyl (C=O) groups is 1. The lowest BCUT2D eigenvalue weighted by atomic mass is 10.1. The van der Waals surface area contributed by atoms with Crippen LogP contribution in [0.1, 0.15) is 36.8 Å². The van der Waals surface area contributed by atoms with Gasteiger partial charge in [-0.2, -0.15) is 11.8 Å². The lowest BCUT2D eigenvalue weighted by molar-refractivity contribution is 0.0630. The molecule has 1 aromatic heterocycles. The monoisotopic (exact) mass is 520 g/mol. The average Bonchev–Trinajstić information content (AvgIpc) is 2.91. The number of hydrogen-bond acceptors (Lipinski definition) is 5. The maximum Gasteiger partial charge on any atom is 0.261 e. The first kappa shape index (κ1) is 26.6. The highest BCUT2D eigenvalue weighted by atomic mass is 32.2. The smallest absolute Gasteiger partial charge is 0.261 e. The maximum absolute atomic E-state index is 13.5. The molecule has 190 valence electrons. The molecule has 5 nitrogen and oxygen atoms in total. The third-order valence-electron chi connectivity index (χ3n) is 6.89. The number of aliphatic hydroxyl groups excluding tert-OH is 1. The van der Waals surface area contributed by atoms with Crippen molar-refractivity contribution < 1.29 is 14.3 Å². The van der Waals surface area contributed by atoms with Crippen molar-refractivity contribution in [2.75, 3.05) is 31.3 Å². The van der Waals surface area contributed by atoms with Crippen LogP contribution in [0.3, 0.4) is 0 Å². The van der Waals surface area contributed by atoms with Gasteiger partial charge >= 0.3 is 0 Å². The van der Waals surface area contributed by atoms with Gasteiger partial charge in [0.1, 0.15) is 0 Å². The molecular weight excluding hydrogens is 484 g/mol. The molecule has 0 saturated carbocycles. The molecule has 0 spiro atoms. The summed E-state index contributed by atoms with van der Waals surface area (Å²) >= 11 is 1.78. The fourth-order valence-electron chi connectivity index (χ4n) is 5.12. The number of aliphatic hydroxyl groups is 1. The lowest BCUT2D eigenvalue weighted by Crippen LogP contribution is -2.66. The Balaban J connectivity index is 1.62. The molecule has 4 rings (SSSR count). The van der Waals surface area contributed by atoms with Gasteiger partial charge in [-0.15, -0.1) is 0 Å². The minimum absolute atomic E-state index is 0.0225. The van der Waals surface area contributed by atoms with Gasteiger partial charge in [0, 0.05) is 37.3 Å². The number of carbonyl (C=O) groups excluding carboxylic acids is 1. The van der Waals surface area contributed by atoms with Crippen LogP contribution in [0, 0.1) is 0 Å². The molecule has 3 aromatic rings. The van der Waals surface area contributed by atoms with Crippen LogP contribution in [-0.4, -0.2) is 66.5 Å². The second-order valence-corrected chi connectivity index (χ2v) is 15.6. The summed E-state index contributed by atoms with van der Waals surface area (Å²) in [5.41, 5.74) is 1.35. The Morgan fingerprint density at radius 1 is 1.06 bits per heavy atom. The fourth-order valence-corrected chi connectivity index (χ4v) is 10.7. The van der Waals surface area contributed by atoms with E-state index in [0.717, 1.165) is 17.2 Å². The Kier molecular flexibility index (Phi) is 8.67. The standard InChI is InChI=1S/C29H36N2O3SSi/c1-29(2,3)36(24-11-6-4-7-12-24,25-13-8-5-9-14-25)34-19-16-27-26(15-10-17-30-27)28(33)31-18-20-35-22-23(31)21-32/h4-15,17,23,32H,16,18-22H2,1-3H3/t23-/m1/s1. The quantitative estimate of drug-likeness (QED) is 0.459. The molecule has 1 amide bonds. The topological polar surface area (TPSA) is 62.7 Å². The summed E-state index contributed by atoms with van der Waals surface area (Å²) in [5, 5.41) is 12.2. The molecule has 1 saturated heterocycles. The predicted octanol–water partition coefficient (Wildman–Crippen LogP) is 3.75. The number of hydrogen-bond donors (Lipinski definition) is 1. The summed E-state index contributed by atoms with van der Waals surface area (Å²) in [4.78, 5) is 19.9. The van der Waals surface area contributed by atoms with E-state index >= 15 is 0 Å². The number of aromatic nitrogens is 1. The van der Waals surface area contributed by atoms with Gasteiger partial charge < -0.3 is 14.4 Å². The van der Waals surface area contributed by atoms with E-state index in [0.29, 0.717) is 25.1 Å². The van der Waals surface area contributed by atoms with Gasteiger partial charge in [0.25, 0.3) is 14.2 Å². The van der Waals surface area contributed by atoms with Crippen LogP contribution in [0.15, 0.2) is 79.0 Å². The first-order valence-corrected chi connectivity index (χ1v) is 15.6. The van der Waals surface area contributed by atoms with E-state index in [1.165, 1.54) is 10.4 Å². The van der Waals surface area contributed by atoms with E-state index in [1.807, 2.05) is 24.3 Å². The van der Waals surface area contributed by atoms with Crippen molar-refractivity contribution in [2.45, 2.75) is 38.3 Å². The number of pyridine rings is 1. The number of benzene rings is 2. The zero-order valence-corrected chi connectivity index (χ0v) is 23.2. The van der Waals surface area contributed by atoms with Crippen LogP contribution in [0.2, 0.25) is 5.04 Å². The molecule has 2 heterocycles. The lowest BCUT2D eigenvalue weighted by Gasteiger charge is -2.43. The average molecular weight is 521 g/mol. The summed E-state index contributed by atoms with van der Waals surface area (Å²) in [5.74, 6) is 1.59. The third-order valence-corrected chi connectivity index (χ3v) is 13.0. The Morgan fingerprint density at radius 2 is 1.69 bits per heavy atom. The third kappa shape index (κ3) is 5.44. The maximum atomic E-state index is 13.5. The summed E-state index contributed by atoms with van der Waals surface area (Å²) in [6.07, 6.45) is 2.28. The van der Waals surface area contributed by atoms with Crippen LogP contribution in [0.5, 0.6) is 0 Å².